The van der Waals surface area contributed by atoms with Crippen molar-refractivity contribution in [3.63, 3.8) is 0 Å². The molecule has 1 unspecified atom stereocenters. The van der Waals surface area contributed by atoms with Gasteiger partial charge >= 0.3 is 6.03 Å². The van der Waals surface area contributed by atoms with Crippen molar-refractivity contribution in [2.24, 2.45) is 10.9 Å². The van der Waals surface area contributed by atoms with Gasteiger partial charge in [-0.3, -0.25) is 4.99 Å². The number of nitrogens with zero attached hydrogens (tertiary/aromatic N) is 1. The summed E-state index contributed by atoms with van der Waals surface area (Å²) < 4.78 is 0. The van der Waals surface area contributed by atoms with E-state index in [4.69, 9.17) is 0 Å². The fourth-order valence-electron chi connectivity index (χ4n) is 0.708. The first kappa shape index (κ1) is 13.4. The van der Waals surface area contributed by atoms with Gasteiger partial charge in [-0.05, 0) is 12.8 Å². The van der Waals surface area contributed by atoms with Gasteiger partial charge in [-0.25, -0.2) is 4.79 Å². The average Bonchev–Trinajstić information content (AvgIpc) is 2.24. The maximum absolute atomic E-state index is 11.1. The summed E-state index contributed by atoms with van der Waals surface area (Å²) in [7, 11) is 0. The number of amides is 2. The van der Waals surface area contributed by atoms with Gasteiger partial charge in [0.15, 0.2) is 0 Å². The number of allylic oxidation sites excluding steroid dienone is 1. The number of nitrogens with one attached hydrogen (secondary N) is 2. The van der Waals surface area contributed by atoms with Gasteiger partial charge in [0.05, 0.1) is 0 Å². The standard InChI is InChI=1S/C11H19N3O/c1-4-10(3)6-7-13-11(15)14-9-8-12-5-2/h5-10H,4H2,1-3H3,(H2,13,14,15)/b7-6-,9-8-,12-5-. The molecular weight excluding hydrogens is 190 g/mol. The molecule has 84 valence electrons. The lowest BCUT2D eigenvalue weighted by Crippen LogP contribution is -2.27. The third-order valence-electron chi connectivity index (χ3n) is 1.81. The van der Waals surface area contributed by atoms with E-state index in [0.29, 0.717) is 5.92 Å². The maximum Gasteiger partial charge on any atom is 0.322 e. The van der Waals surface area contributed by atoms with Crippen molar-refractivity contribution in [2.75, 3.05) is 0 Å². The molecule has 0 radical (unpaired) electrons. The third kappa shape index (κ3) is 8.74. The van der Waals surface area contributed by atoms with Crippen molar-refractivity contribution in [1.82, 2.24) is 10.6 Å². The van der Waals surface area contributed by atoms with Crippen LogP contribution in [0, 0.1) is 5.92 Å². The highest BCUT2D eigenvalue weighted by molar-refractivity contribution is 5.75. The molecule has 0 spiro atoms. The van der Waals surface area contributed by atoms with Crippen molar-refractivity contribution in [2.45, 2.75) is 27.2 Å². The summed E-state index contributed by atoms with van der Waals surface area (Å²) in [6.07, 6.45) is 9.29. The van der Waals surface area contributed by atoms with Crippen molar-refractivity contribution in [3.8, 4) is 0 Å². The van der Waals surface area contributed by atoms with Gasteiger partial charge in [0.2, 0.25) is 0 Å². The van der Waals surface area contributed by atoms with Crippen molar-refractivity contribution in [3.05, 3.63) is 24.7 Å². The van der Waals surface area contributed by atoms with Crippen LogP contribution in [-0.4, -0.2) is 12.2 Å². The molecule has 0 aromatic heterocycles. The van der Waals surface area contributed by atoms with Crippen molar-refractivity contribution in [1.29, 1.82) is 0 Å². The number of carbonyl (C=O) groups is 1. The quantitative estimate of drug-likeness (QED) is 0.671. The minimum Gasteiger partial charge on any atom is -0.315 e. The molecule has 0 bridgehead atoms. The van der Waals surface area contributed by atoms with E-state index in [1.165, 1.54) is 12.4 Å². The minimum absolute atomic E-state index is 0.267. The second kappa shape index (κ2) is 8.99. The highest BCUT2D eigenvalue weighted by atomic mass is 16.2. The zero-order chi connectivity index (χ0) is 11.5. The van der Waals surface area contributed by atoms with Gasteiger partial charge in [-0.2, -0.15) is 0 Å². The first-order valence-corrected chi connectivity index (χ1v) is 5.07. The molecule has 0 aliphatic heterocycles. The average molecular weight is 209 g/mol. The number of urea groups is 1. The van der Waals surface area contributed by atoms with Crippen LogP contribution in [0.2, 0.25) is 0 Å². The summed E-state index contributed by atoms with van der Waals surface area (Å²) in [6, 6.07) is -0.267. The Morgan fingerprint density at radius 3 is 2.67 bits per heavy atom. The van der Waals surface area contributed by atoms with E-state index >= 15 is 0 Å². The monoisotopic (exact) mass is 209 g/mol. The summed E-state index contributed by atoms with van der Waals surface area (Å²) >= 11 is 0. The van der Waals surface area contributed by atoms with Crippen LogP contribution >= 0.6 is 0 Å². The molecule has 0 aromatic rings. The van der Waals surface area contributed by atoms with Gasteiger partial charge in [0.25, 0.3) is 0 Å². The fraction of sp³-hybridized carbons (Fsp3) is 0.455. The van der Waals surface area contributed by atoms with Crippen molar-refractivity contribution >= 4 is 12.2 Å². The lowest BCUT2D eigenvalue weighted by Gasteiger charge is -2.01. The van der Waals surface area contributed by atoms with Crippen LogP contribution < -0.4 is 10.6 Å². The zero-order valence-corrected chi connectivity index (χ0v) is 9.53. The molecule has 0 fully saturated rings. The minimum atomic E-state index is -0.267. The molecule has 2 N–H and O–H groups in total. The first-order valence-electron chi connectivity index (χ1n) is 5.07. The van der Waals surface area contributed by atoms with Crippen LogP contribution in [0.5, 0.6) is 0 Å². The first-order chi connectivity index (χ1) is 7.20. The highest BCUT2D eigenvalue weighted by Crippen LogP contribution is 2.00. The molecule has 15 heavy (non-hydrogen) atoms. The van der Waals surface area contributed by atoms with Gasteiger partial charge < -0.3 is 10.6 Å². The Bertz CT molecular complexity index is 257. The van der Waals surface area contributed by atoms with Crippen LogP contribution in [-0.2, 0) is 0 Å². The van der Waals surface area contributed by atoms with Crippen LogP contribution in [0.15, 0.2) is 29.7 Å². The van der Waals surface area contributed by atoms with Gasteiger partial charge in [-0.15, -0.1) is 0 Å². The maximum atomic E-state index is 11.1. The molecule has 0 heterocycles. The summed E-state index contributed by atoms with van der Waals surface area (Å²) in [5.41, 5.74) is 0. The van der Waals surface area contributed by atoms with Crippen molar-refractivity contribution < 1.29 is 4.79 Å². The van der Waals surface area contributed by atoms with Crippen LogP contribution in [0.1, 0.15) is 27.2 Å². The highest BCUT2D eigenvalue weighted by Gasteiger charge is 1.93. The molecule has 0 aromatic carbocycles. The predicted molar refractivity (Wildman–Crippen MR) is 63.6 cm³/mol. The Hall–Kier alpha value is -1.58. The van der Waals surface area contributed by atoms with Gasteiger partial charge in [0, 0.05) is 24.8 Å². The van der Waals surface area contributed by atoms with Crippen LogP contribution in [0.4, 0.5) is 4.79 Å². The molecule has 0 aliphatic rings. The Morgan fingerprint density at radius 2 is 2.07 bits per heavy atom. The van der Waals surface area contributed by atoms with E-state index in [-0.39, 0.29) is 6.03 Å². The second-order valence-electron chi connectivity index (χ2n) is 3.09. The molecule has 2 amide bonds. The molecule has 4 heteroatoms. The Morgan fingerprint density at radius 1 is 1.40 bits per heavy atom. The summed E-state index contributed by atoms with van der Waals surface area (Å²) in [5.74, 6) is 0.477. The lowest BCUT2D eigenvalue weighted by molar-refractivity contribution is 0.247. The fourth-order valence-corrected chi connectivity index (χ4v) is 0.708. The molecule has 4 nitrogen and oxygen atoms in total. The number of hydrogen-bond acceptors (Lipinski definition) is 2. The summed E-state index contributed by atoms with van der Waals surface area (Å²) in [6.45, 7) is 5.99. The molecule has 0 saturated heterocycles. The Kier molecular flexibility index (Phi) is 8.05. The molecule has 0 rings (SSSR count). The molecular formula is C11H19N3O. The third-order valence-corrected chi connectivity index (χ3v) is 1.81. The van der Waals surface area contributed by atoms with E-state index in [1.807, 2.05) is 6.08 Å². The van der Waals surface area contributed by atoms with Gasteiger partial charge in [0.1, 0.15) is 0 Å². The van der Waals surface area contributed by atoms with Crippen LogP contribution in [0.3, 0.4) is 0 Å². The molecule has 1 atom stereocenters. The smallest absolute Gasteiger partial charge is 0.315 e. The molecule has 0 saturated carbocycles. The van der Waals surface area contributed by atoms with E-state index < -0.39 is 0 Å². The summed E-state index contributed by atoms with van der Waals surface area (Å²) in [4.78, 5) is 14.9. The predicted octanol–water partition coefficient (Wildman–Crippen LogP) is 2.41. The SMILES string of the molecule is C/C=N\C=C/NC(=O)N/C=C\C(C)CC. The Balaban J connectivity index is 3.70. The number of hydrogen-bond donors (Lipinski definition) is 2. The van der Waals surface area contributed by atoms with Crippen LogP contribution in [0.25, 0.3) is 0 Å². The van der Waals surface area contributed by atoms with E-state index in [1.54, 1.807) is 19.3 Å². The number of aliphatic imine (C=N–C) groups is 1. The zero-order valence-electron chi connectivity index (χ0n) is 9.53. The number of rotatable bonds is 5. The van der Waals surface area contributed by atoms with E-state index in [9.17, 15) is 4.79 Å². The molecule has 0 aliphatic carbocycles. The van der Waals surface area contributed by atoms with E-state index in [0.717, 1.165) is 6.42 Å². The number of carbonyl (C=O) groups excluding carboxylic acids is 1. The van der Waals surface area contributed by atoms with E-state index in [2.05, 4.69) is 29.5 Å². The lowest BCUT2D eigenvalue weighted by atomic mass is 10.1. The normalized spacial score (nSPS) is 13.8. The largest absolute Gasteiger partial charge is 0.322 e. The Labute approximate surface area is 91.2 Å². The van der Waals surface area contributed by atoms with Gasteiger partial charge in [-0.1, -0.05) is 26.3 Å². The second-order valence-corrected chi connectivity index (χ2v) is 3.09. The topological polar surface area (TPSA) is 53.5 Å². The summed E-state index contributed by atoms with van der Waals surface area (Å²) in [5, 5.41) is 5.10.